The minimum atomic E-state index is -0.928. The van der Waals surface area contributed by atoms with Crippen molar-refractivity contribution in [2.45, 2.75) is 64.6 Å². The highest BCUT2D eigenvalue weighted by Crippen LogP contribution is 2.20. The van der Waals surface area contributed by atoms with Gasteiger partial charge in [0.25, 0.3) is 0 Å². The van der Waals surface area contributed by atoms with Crippen molar-refractivity contribution in [3.05, 3.63) is 0 Å². The van der Waals surface area contributed by atoms with Crippen molar-refractivity contribution in [2.75, 3.05) is 6.54 Å². The minimum absolute atomic E-state index is 0.0502. The lowest BCUT2D eigenvalue weighted by Gasteiger charge is -2.37. The maximum absolute atomic E-state index is 11.7. The molecule has 2 N–H and O–H groups in total. The monoisotopic (exact) mass is 272 g/mol. The number of alkyl carbamates (subject to hydrolysis) is 1. The Kier molecular flexibility index (Phi) is 5.03. The Balaban J connectivity index is 2.53. The molecule has 1 fully saturated rings. The predicted octanol–water partition coefficient (Wildman–Crippen LogP) is 2.43. The van der Waals surface area contributed by atoms with Gasteiger partial charge in [-0.25, -0.2) is 9.59 Å². The Morgan fingerprint density at radius 2 is 2.00 bits per heavy atom. The number of carboxylic acid groups (broad SMARTS) is 1. The van der Waals surface area contributed by atoms with Gasteiger partial charge in [-0.1, -0.05) is 6.92 Å². The normalized spacial score (nSPS) is 23.9. The Bertz CT molecular complexity index is 338. The largest absolute Gasteiger partial charge is 0.465 e. The maximum atomic E-state index is 11.7. The van der Waals surface area contributed by atoms with Gasteiger partial charge in [-0.2, -0.15) is 0 Å². The first kappa shape index (κ1) is 15.6. The van der Waals surface area contributed by atoms with Crippen LogP contribution in [-0.4, -0.2) is 46.4 Å². The summed E-state index contributed by atoms with van der Waals surface area (Å²) in [6.07, 6.45) is 0.927. The van der Waals surface area contributed by atoms with E-state index in [0.717, 1.165) is 19.3 Å². The average molecular weight is 272 g/mol. The number of amides is 2. The molecule has 0 aromatic rings. The highest BCUT2D eigenvalue weighted by atomic mass is 16.6. The lowest BCUT2D eigenvalue weighted by Crippen LogP contribution is -2.53. The maximum Gasteiger partial charge on any atom is 0.407 e. The van der Waals surface area contributed by atoms with Crippen LogP contribution in [-0.2, 0) is 4.74 Å². The van der Waals surface area contributed by atoms with Crippen molar-refractivity contribution >= 4 is 12.2 Å². The number of carbonyl (C=O) groups excluding carboxylic acids is 1. The van der Waals surface area contributed by atoms with Gasteiger partial charge in [0.2, 0.25) is 0 Å². The van der Waals surface area contributed by atoms with E-state index in [0.29, 0.717) is 6.54 Å². The highest BCUT2D eigenvalue weighted by Gasteiger charge is 2.31. The molecule has 0 aromatic heterocycles. The zero-order valence-electron chi connectivity index (χ0n) is 12.1. The Hall–Kier alpha value is -1.46. The van der Waals surface area contributed by atoms with Crippen molar-refractivity contribution in [1.29, 1.82) is 0 Å². The molecule has 0 saturated carbocycles. The molecule has 1 aliphatic heterocycles. The van der Waals surface area contributed by atoms with Crippen molar-refractivity contribution in [3.63, 3.8) is 0 Å². The second-order valence-electron chi connectivity index (χ2n) is 5.92. The van der Waals surface area contributed by atoms with Crippen molar-refractivity contribution in [2.24, 2.45) is 0 Å². The van der Waals surface area contributed by atoms with E-state index in [1.165, 1.54) is 4.90 Å². The second-order valence-corrected chi connectivity index (χ2v) is 5.92. The topological polar surface area (TPSA) is 78.9 Å². The number of nitrogens with one attached hydrogen (secondary N) is 1. The van der Waals surface area contributed by atoms with Crippen LogP contribution in [0, 0.1) is 0 Å². The molecule has 0 aliphatic carbocycles. The number of nitrogens with zero attached hydrogens (tertiary/aromatic N) is 1. The van der Waals surface area contributed by atoms with Crippen LogP contribution in [0.1, 0.15) is 47.0 Å². The van der Waals surface area contributed by atoms with Gasteiger partial charge in [0.1, 0.15) is 5.60 Å². The summed E-state index contributed by atoms with van der Waals surface area (Å²) in [6, 6.07) is -0.122. The Morgan fingerprint density at radius 1 is 1.37 bits per heavy atom. The van der Waals surface area contributed by atoms with Gasteiger partial charge in [0, 0.05) is 18.6 Å². The van der Waals surface area contributed by atoms with Crippen molar-refractivity contribution < 1.29 is 19.4 Å². The van der Waals surface area contributed by atoms with E-state index in [4.69, 9.17) is 9.84 Å². The predicted molar refractivity (Wildman–Crippen MR) is 71.2 cm³/mol. The number of hydrogen-bond acceptors (Lipinski definition) is 3. The summed E-state index contributed by atoms with van der Waals surface area (Å²) in [5.74, 6) is 0. The highest BCUT2D eigenvalue weighted by molar-refractivity contribution is 5.69. The summed E-state index contributed by atoms with van der Waals surface area (Å²) in [5, 5.41) is 11.9. The second kappa shape index (κ2) is 6.12. The smallest absolute Gasteiger partial charge is 0.407 e. The van der Waals surface area contributed by atoms with E-state index in [-0.39, 0.29) is 12.1 Å². The van der Waals surface area contributed by atoms with Gasteiger partial charge in [-0.05, 0) is 40.0 Å². The van der Waals surface area contributed by atoms with E-state index in [1.807, 2.05) is 6.92 Å². The van der Waals surface area contributed by atoms with Gasteiger partial charge in [-0.3, -0.25) is 0 Å². The standard InChI is InChI=1S/C13H24N2O4/c1-5-10-7-6-9(8-15(10)12(17)18)14-11(16)19-13(2,3)4/h9-10H,5-8H2,1-4H3,(H,14,16)(H,17,18). The van der Waals surface area contributed by atoms with Crippen LogP contribution in [0.15, 0.2) is 0 Å². The number of ether oxygens (including phenoxy) is 1. The van der Waals surface area contributed by atoms with Crippen LogP contribution in [0.3, 0.4) is 0 Å². The van der Waals surface area contributed by atoms with E-state index < -0.39 is 17.8 Å². The summed E-state index contributed by atoms with van der Waals surface area (Å²) in [7, 11) is 0. The zero-order valence-corrected chi connectivity index (χ0v) is 12.1. The van der Waals surface area contributed by atoms with Crippen LogP contribution in [0.5, 0.6) is 0 Å². The molecule has 1 saturated heterocycles. The number of carbonyl (C=O) groups is 2. The number of piperidine rings is 1. The summed E-state index contributed by atoms with van der Waals surface area (Å²) in [5.41, 5.74) is -0.544. The molecule has 6 heteroatoms. The molecule has 0 bridgehead atoms. The van der Waals surface area contributed by atoms with Gasteiger partial charge in [0.05, 0.1) is 0 Å². The first-order chi connectivity index (χ1) is 8.73. The number of hydrogen-bond donors (Lipinski definition) is 2. The van der Waals surface area contributed by atoms with E-state index in [2.05, 4.69) is 5.32 Å². The van der Waals surface area contributed by atoms with Crippen LogP contribution in [0.25, 0.3) is 0 Å². The quantitative estimate of drug-likeness (QED) is 0.809. The SMILES string of the molecule is CCC1CCC(NC(=O)OC(C)(C)C)CN1C(=O)O. The summed E-state index contributed by atoms with van der Waals surface area (Å²) >= 11 is 0. The summed E-state index contributed by atoms with van der Waals surface area (Å²) in [4.78, 5) is 24.2. The van der Waals surface area contributed by atoms with E-state index in [1.54, 1.807) is 20.8 Å². The third-order valence-electron chi connectivity index (χ3n) is 3.14. The fourth-order valence-corrected chi connectivity index (χ4v) is 2.28. The van der Waals surface area contributed by atoms with Crippen LogP contribution >= 0.6 is 0 Å². The summed E-state index contributed by atoms with van der Waals surface area (Å²) < 4.78 is 5.17. The third-order valence-corrected chi connectivity index (χ3v) is 3.14. The molecule has 0 aromatic carbocycles. The third kappa shape index (κ3) is 4.96. The molecule has 2 amide bonds. The van der Waals surface area contributed by atoms with Gasteiger partial charge >= 0.3 is 12.2 Å². The van der Waals surface area contributed by atoms with Crippen molar-refractivity contribution in [3.8, 4) is 0 Å². The molecule has 110 valence electrons. The molecule has 19 heavy (non-hydrogen) atoms. The average Bonchev–Trinajstić information content (AvgIpc) is 2.26. The molecule has 2 unspecified atom stereocenters. The molecule has 6 nitrogen and oxygen atoms in total. The van der Waals surface area contributed by atoms with Crippen LogP contribution in [0.4, 0.5) is 9.59 Å². The number of likely N-dealkylation sites (tertiary alicyclic amines) is 1. The first-order valence-corrected chi connectivity index (χ1v) is 6.72. The zero-order chi connectivity index (χ0) is 14.6. The van der Waals surface area contributed by atoms with E-state index >= 15 is 0 Å². The molecule has 1 rings (SSSR count). The Labute approximate surface area is 114 Å². The van der Waals surface area contributed by atoms with Crippen LogP contribution in [0.2, 0.25) is 0 Å². The Morgan fingerprint density at radius 3 is 2.47 bits per heavy atom. The lowest BCUT2D eigenvalue weighted by molar-refractivity contribution is 0.0436. The fourth-order valence-electron chi connectivity index (χ4n) is 2.28. The van der Waals surface area contributed by atoms with Crippen LogP contribution < -0.4 is 5.32 Å². The van der Waals surface area contributed by atoms with Gasteiger partial charge in [0.15, 0.2) is 0 Å². The molecule has 1 aliphatic rings. The first-order valence-electron chi connectivity index (χ1n) is 6.72. The van der Waals surface area contributed by atoms with Gasteiger partial charge < -0.3 is 20.1 Å². The molecule has 0 radical (unpaired) electrons. The number of rotatable bonds is 2. The molecule has 1 heterocycles. The minimum Gasteiger partial charge on any atom is -0.465 e. The molecular weight excluding hydrogens is 248 g/mol. The van der Waals surface area contributed by atoms with Crippen molar-refractivity contribution in [1.82, 2.24) is 10.2 Å². The van der Waals surface area contributed by atoms with Gasteiger partial charge in [-0.15, -0.1) is 0 Å². The lowest BCUT2D eigenvalue weighted by atomic mass is 9.97. The summed E-state index contributed by atoms with van der Waals surface area (Å²) in [6.45, 7) is 7.69. The fraction of sp³-hybridized carbons (Fsp3) is 0.846. The molecule has 0 spiro atoms. The molecule has 2 atom stereocenters. The van der Waals surface area contributed by atoms with E-state index in [9.17, 15) is 9.59 Å². The molecular formula is C13H24N2O4.